The van der Waals surface area contributed by atoms with Crippen molar-refractivity contribution in [3.8, 4) is 5.75 Å². The maximum atomic E-state index is 16.5. The van der Waals surface area contributed by atoms with Gasteiger partial charge in [0.05, 0.1) is 12.7 Å². The lowest BCUT2D eigenvalue weighted by Crippen LogP contribution is -2.68. The van der Waals surface area contributed by atoms with E-state index in [0.29, 0.717) is 47.4 Å². The van der Waals surface area contributed by atoms with Gasteiger partial charge in [-0.15, -0.1) is 0 Å². The molecule has 1 unspecified atom stereocenters. The topological polar surface area (TPSA) is 193 Å². The number of nitrogens with one attached hydrogen (secondary N) is 1. The number of halogens is 2. The zero-order valence-corrected chi connectivity index (χ0v) is 47.0. The highest BCUT2D eigenvalue weighted by Crippen LogP contribution is 2.74. The monoisotopic (exact) mass is 1120 g/mol. The van der Waals surface area contributed by atoms with Gasteiger partial charge in [0.15, 0.2) is 11.4 Å². The predicted molar refractivity (Wildman–Crippen MR) is 291 cm³/mol. The fourth-order valence-electron chi connectivity index (χ4n) is 12.3. The Kier molecular flexibility index (Phi) is 23.2. The van der Waals surface area contributed by atoms with Gasteiger partial charge in [-0.3, -0.25) is 14.4 Å². The first kappa shape index (κ1) is 61.2. The van der Waals surface area contributed by atoms with Crippen molar-refractivity contribution in [3.05, 3.63) is 89.0 Å². The Morgan fingerprint density at radius 1 is 0.882 bits per heavy atom. The summed E-state index contributed by atoms with van der Waals surface area (Å²) in [5, 5.41) is 23.4. The van der Waals surface area contributed by atoms with Crippen LogP contribution < -0.4 is 10.1 Å². The van der Waals surface area contributed by atoms with Crippen LogP contribution in [0.2, 0.25) is 0 Å². The van der Waals surface area contributed by atoms with Crippen LogP contribution in [0.5, 0.6) is 5.75 Å². The number of aliphatic hydroxyl groups is 2. The SMILES string of the molecule is CCC(=O)O[C@]1(C(=O)SCF)[C@H](C)C[C@H]2[C@@H]3C[C@H](F)C4=CC(=O)C=C[C@]4(C)[C@@]3(C)[C@@H](OC(=O)OCCSSCCOC(=O)Oc3ccc(C(O)CNCCCCCOCCCCCc4ccccc4)cc3CO)C[C@@]21C. The van der Waals surface area contributed by atoms with E-state index in [1.54, 1.807) is 39.0 Å². The highest BCUT2D eigenvalue weighted by Gasteiger charge is 2.77. The van der Waals surface area contributed by atoms with Gasteiger partial charge in [0.25, 0.3) is 0 Å². The van der Waals surface area contributed by atoms with Crippen molar-refractivity contribution in [2.24, 2.45) is 34.0 Å². The molecule has 19 heteroatoms. The van der Waals surface area contributed by atoms with E-state index >= 15 is 4.39 Å². The Balaban J connectivity index is 0.905. The summed E-state index contributed by atoms with van der Waals surface area (Å²) in [4.78, 5) is 66.1. The second kappa shape index (κ2) is 28.8. The molecule has 3 saturated carbocycles. The van der Waals surface area contributed by atoms with E-state index < -0.39 is 94.0 Å². The number of ether oxygens (including phenoxy) is 6. The summed E-state index contributed by atoms with van der Waals surface area (Å²) in [6, 6.07) is 14.2. The van der Waals surface area contributed by atoms with Crippen molar-refractivity contribution in [3.63, 3.8) is 0 Å². The molecule has 76 heavy (non-hydrogen) atoms. The largest absolute Gasteiger partial charge is 0.513 e. The van der Waals surface area contributed by atoms with E-state index in [-0.39, 0.29) is 49.6 Å². The maximum absolute atomic E-state index is 16.5. The number of ketones is 1. The van der Waals surface area contributed by atoms with Crippen LogP contribution in [0.15, 0.2) is 72.3 Å². The smallest absolute Gasteiger partial charge is 0.449 e. The van der Waals surface area contributed by atoms with Gasteiger partial charge in [0.2, 0.25) is 5.12 Å². The fraction of sp³-hybridized carbons (Fsp3) is 0.632. The molecule has 3 fully saturated rings. The van der Waals surface area contributed by atoms with Crippen molar-refractivity contribution < 1.29 is 71.4 Å². The number of thioether (sulfide) groups is 1. The predicted octanol–water partition coefficient (Wildman–Crippen LogP) is 11.2. The van der Waals surface area contributed by atoms with Gasteiger partial charge in [0.1, 0.15) is 37.2 Å². The zero-order chi connectivity index (χ0) is 54.9. The number of rotatable bonds is 29. The number of carbonyl (C=O) groups excluding carboxylic acids is 5. The van der Waals surface area contributed by atoms with Gasteiger partial charge in [-0.2, -0.15) is 0 Å². The van der Waals surface area contributed by atoms with Crippen LogP contribution >= 0.6 is 33.3 Å². The van der Waals surface area contributed by atoms with Crippen LogP contribution in [0.1, 0.15) is 122 Å². The zero-order valence-electron chi connectivity index (χ0n) is 44.5. The number of carbonyl (C=O) groups is 5. The van der Waals surface area contributed by atoms with Gasteiger partial charge in [-0.25, -0.2) is 18.4 Å². The van der Waals surface area contributed by atoms with E-state index in [9.17, 15) is 38.6 Å². The summed E-state index contributed by atoms with van der Waals surface area (Å²) >= 11 is 0.428. The van der Waals surface area contributed by atoms with Crippen LogP contribution in [0.3, 0.4) is 0 Å². The van der Waals surface area contributed by atoms with Crippen molar-refractivity contribution in [2.45, 2.75) is 136 Å². The number of allylic oxidation sites excluding steroid dienone is 4. The normalized spacial score (nSPS) is 27.8. The molecule has 4 aliphatic carbocycles. The maximum Gasteiger partial charge on any atom is 0.513 e. The molecule has 6 rings (SSSR count). The second-order valence-corrected chi connectivity index (χ2v) is 24.4. The molecule has 0 saturated heterocycles. The molecular formula is C57H77F2NO13S3. The quantitative estimate of drug-likeness (QED) is 0.0229. The van der Waals surface area contributed by atoms with Crippen LogP contribution in [0, 0.1) is 34.0 Å². The third kappa shape index (κ3) is 14.2. The van der Waals surface area contributed by atoms with Gasteiger partial charge < -0.3 is 44.0 Å². The van der Waals surface area contributed by atoms with Crippen LogP contribution in [-0.2, 0) is 51.1 Å². The first-order valence-corrected chi connectivity index (χ1v) is 30.2. The van der Waals surface area contributed by atoms with Gasteiger partial charge >= 0.3 is 18.3 Å². The van der Waals surface area contributed by atoms with E-state index in [2.05, 4.69) is 29.6 Å². The number of fused-ring (bicyclic) bond motifs is 5. The summed E-state index contributed by atoms with van der Waals surface area (Å²) in [5.41, 5.74) is -2.56. The summed E-state index contributed by atoms with van der Waals surface area (Å²) in [6.45, 7) is 11.0. The third-order valence-corrected chi connectivity index (χ3v) is 19.5. The summed E-state index contributed by atoms with van der Waals surface area (Å²) < 4.78 is 64.7. The van der Waals surface area contributed by atoms with Crippen LogP contribution in [-0.4, -0.2) is 114 Å². The highest BCUT2D eigenvalue weighted by atomic mass is 33.1. The lowest BCUT2D eigenvalue weighted by molar-refractivity contribution is -0.222. The average molecular weight is 1120 g/mol. The van der Waals surface area contributed by atoms with E-state index in [4.69, 9.17) is 28.4 Å². The fourth-order valence-corrected chi connectivity index (χ4v) is 14.8. The van der Waals surface area contributed by atoms with E-state index in [1.165, 1.54) is 51.8 Å². The van der Waals surface area contributed by atoms with Gasteiger partial charge in [-0.05, 0) is 129 Å². The van der Waals surface area contributed by atoms with Crippen molar-refractivity contribution in [2.75, 3.05) is 57.0 Å². The minimum Gasteiger partial charge on any atom is -0.449 e. The molecule has 14 nitrogen and oxygen atoms in total. The molecule has 0 aromatic heterocycles. The van der Waals surface area contributed by atoms with Crippen molar-refractivity contribution >= 4 is 62.5 Å². The lowest BCUT2D eigenvalue weighted by Gasteiger charge is -2.66. The number of hydrogen-bond acceptors (Lipinski definition) is 17. The number of alkyl halides is 2. The van der Waals surface area contributed by atoms with Gasteiger partial charge in [-0.1, -0.05) is 105 Å². The average Bonchev–Trinajstić information content (AvgIpc) is 3.74. The Labute approximate surface area is 458 Å². The molecule has 3 N–H and O–H groups in total. The summed E-state index contributed by atoms with van der Waals surface area (Å²) in [6.07, 6.45) is 6.80. The standard InChI is InChI=1S/C57H77F2NO13S3/c1-6-50(64)73-57(51(65)74-37-58)38(2)30-43-44-33-46(59)45-32-42(62)21-22-54(45,3)56(44,5)49(34-55(43,57)4)72-53(67)70-27-29-76-75-28-26-69-52(66)71-48-20-19-40(31-41(48)36-61)47(63)35-60-23-13-9-15-25-68-24-14-8-12-18-39-16-10-7-11-17-39/h7,10-11,16-17,19-22,31-32,38,43-44,46-47,49,60-61,63H,6,8-9,12-15,18,23-30,33-37H2,1-5H3/t38-,43+,44+,46+,47?,49+,54+,55+,56-,57+/m1/s1. The van der Waals surface area contributed by atoms with E-state index in [0.717, 1.165) is 58.3 Å². The molecule has 0 bridgehead atoms. The number of esters is 1. The number of unbranched alkanes of at least 4 members (excludes halogenated alkanes) is 4. The summed E-state index contributed by atoms with van der Waals surface area (Å²) in [7, 11) is 2.72. The van der Waals surface area contributed by atoms with Crippen molar-refractivity contribution in [1.82, 2.24) is 5.32 Å². The molecule has 420 valence electrons. The highest BCUT2D eigenvalue weighted by molar-refractivity contribution is 8.76. The molecule has 0 spiro atoms. The first-order valence-electron chi connectivity index (χ1n) is 26.7. The minimum atomic E-state index is -1.79. The third-order valence-electron chi connectivity index (χ3n) is 16.5. The molecule has 0 radical (unpaired) electrons. The molecule has 0 aliphatic heterocycles. The molecule has 0 amide bonds. The summed E-state index contributed by atoms with van der Waals surface area (Å²) in [5.74, 6) is -1.70. The molecule has 2 aromatic rings. The first-order chi connectivity index (χ1) is 36.5. The number of hydrogen-bond donors (Lipinski definition) is 3. The van der Waals surface area contributed by atoms with Crippen LogP contribution in [0.25, 0.3) is 0 Å². The molecular weight excluding hydrogens is 1040 g/mol. The Hall–Kier alpha value is -3.98. The lowest BCUT2D eigenvalue weighted by atomic mass is 9.39. The Morgan fingerprint density at radius 3 is 2.26 bits per heavy atom. The number of benzene rings is 2. The Bertz CT molecular complexity index is 2350. The number of aliphatic hydroxyl groups excluding tert-OH is 2. The van der Waals surface area contributed by atoms with E-state index in [1.807, 2.05) is 19.9 Å². The molecule has 0 heterocycles. The second-order valence-electron chi connectivity index (χ2n) is 20.9. The molecule has 4 aliphatic rings. The van der Waals surface area contributed by atoms with Crippen LogP contribution in [0.4, 0.5) is 18.4 Å². The molecule has 2 aromatic carbocycles. The molecule has 10 atom stereocenters. The van der Waals surface area contributed by atoms with Gasteiger partial charge in [0, 0.05) is 65.4 Å². The number of aryl methyl sites for hydroxylation is 1. The minimum absolute atomic E-state index is 0.00485. The Morgan fingerprint density at radius 2 is 1.58 bits per heavy atom. The van der Waals surface area contributed by atoms with Crippen molar-refractivity contribution in [1.29, 1.82) is 0 Å².